The molecular formula is C34H35N3O3. The highest BCUT2D eigenvalue weighted by Gasteiger charge is 2.24. The van der Waals surface area contributed by atoms with Crippen molar-refractivity contribution in [3.63, 3.8) is 0 Å². The molecule has 4 aromatic carbocycles. The van der Waals surface area contributed by atoms with Crippen LogP contribution in [0.3, 0.4) is 0 Å². The van der Waals surface area contributed by atoms with Crippen LogP contribution >= 0.6 is 0 Å². The molecule has 1 heterocycles. The highest BCUT2D eigenvalue weighted by atomic mass is 16.5. The second-order valence-corrected chi connectivity index (χ2v) is 10.0. The number of rotatable bonds is 7. The second kappa shape index (κ2) is 13.5. The van der Waals surface area contributed by atoms with Crippen LogP contribution in [0.5, 0.6) is 5.75 Å². The molecule has 0 aromatic heterocycles. The first-order chi connectivity index (χ1) is 19.7. The molecule has 1 saturated heterocycles. The Morgan fingerprint density at radius 3 is 1.75 bits per heavy atom. The van der Waals surface area contributed by atoms with Gasteiger partial charge in [0.05, 0.1) is 5.56 Å². The fourth-order valence-corrected chi connectivity index (χ4v) is 5.02. The lowest BCUT2D eigenvalue weighted by molar-refractivity contribution is 0.0736. The summed E-state index contributed by atoms with van der Waals surface area (Å²) >= 11 is 0. The summed E-state index contributed by atoms with van der Waals surface area (Å²) in [6.45, 7) is 1.43. The van der Waals surface area contributed by atoms with Gasteiger partial charge in [-0.1, -0.05) is 98.1 Å². The Hall–Kier alpha value is -4.58. The number of benzene rings is 4. The zero-order valence-corrected chi connectivity index (χ0v) is 22.6. The van der Waals surface area contributed by atoms with Crippen molar-refractivity contribution in [2.24, 2.45) is 0 Å². The van der Waals surface area contributed by atoms with Gasteiger partial charge in [0.1, 0.15) is 11.9 Å². The maximum Gasteiger partial charge on any atom is 0.323 e. The van der Waals surface area contributed by atoms with Crippen molar-refractivity contribution in [3.05, 3.63) is 126 Å². The van der Waals surface area contributed by atoms with E-state index >= 15 is 0 Å². The maximum absolute atomic E-state index is 14.0. The average Bonchev–Trinajstić information content (AvgIpc) is 2.97. The van der Waals surface area contributed by atoms with E-state index in [1.165, 1.54) is 6.42 Å². The Balaban J connectivity index is 1.47. The lowest BCUT2D eigenvalue weighted by atomic mass is 10.0. The molecule has 0 aliphatic carbocycles. The Bertz CT molecular complexity index is 1350. The van der Waals surface area contributed by atoms with E-state index in [1.807, 2.05) is 95.9 Å². The van der Waals surface area contributed by atoms with Gasteiger partial charge in [0.25, 0.3) is 5.91 Å². The largest absolute Gasteiger partial charge is 0.480 e. The van der Waals surface area contributed by atoms with Gasteiger partial charge in [-0.05, 0) is 54.3 Å². The van der Waals surface area contributed by atoms with E-state index in [0.717, 1.165) is 36.8 Å². The van der Waals surface area contributed by atoms with E-state index in [1.54, 1.807) is 18.2 Å². The molecule has 0 bridgehead atoms. The van der Waals surface area contributed by atoms with Crippen LogP contribution in [0, 0.1) is 0 Å². The lowest BCUT2D eigenvalue weighted by Gasteiger charge is -2.27. The summed E-state index contributed by atoms with van der Waals surface area (Å²) in [4.78, 5) is 28.6. The van der Waals surface area contributed by atoms with Gasteiger partial charge in [-0.2, -0.15) is 0 Å². The van der Waals surface area contributed by atoms with E-state index < -0.39 is 6.10 Å². The van der Waals surface area contributed by atoms with Crippen molar-refractivity contribution in [1.82, 2.24) is 4.90 Å². The number of para-hydroxylation sites is 1. The average molecular weight is 534 g/mol. The van der Waals surface area contributed by atoms with E-state index in [9.17, 15) is 9.59 Å². The second-order valence-electron chi connectivity index (χ2n) is 10.0. The first-order valence-corrected chi connectivity index (χ1v) is 14.0. The highest BCUT2D eigenvalue weighted by molar-refractivity contribution is 6.02. The van der Waals surface area contributed by atoms with Gasteiger partial charge in [0, 0.05) is 24.5 Å². The van der Waals surface area contributed by atoms with Gasteiger partial charge in [0.15, 0.2) is 0 Å². The standard InChI is InChI=1S/C34H35N3O3/c38-33(37-23-13-2-1-3-14-24-37)30-25-29(36-34(39)35-28-19-11-6-12-20-28)21-22-31(30)40-32(26-15-7-4-8-16-26)27-17-9-5-10-18-27/h4-12,15-22,25,32H,1-3,13-14,23-24H2,(H2,35,36,39). The summed E-state index contributed by atoms with van der Waals surface area (Å²) in [7, 11) is 0. The third kappa shape index (κ3) is 7.08. The molecule has 204 valence electrons. The fourth-order valence-electron chi connectivity index (χ4n) is 5.02. The van der Waals surface area contributed by atoms with Gasteiger partial charge in [-0.25, -0.2) is 4.79 Å². The number of carbonyl (C=O) groups is 2. The Morgan fingerprint density at radius 1 is 0.625 bits per heavy atom. The van der Waals surface area contributed by atoms with Crippen LogP contribution < -0.4 is 15.4 Å². The molecule has 1 aliphatic rings. The van der Waals surface area contributed by atoms with Crippen LogP contribution in [0.2, 0.25) is 0 Å². The summed E-state index contributed by atoms with van der Waals surface area (Å²) < 4.78 is 6.67. The first-order valence-electron chi connectivity index (χ1n) is 14.0. The molecule has 6 heteroatoms. The number of nitrogens with one attached hydrogen (secondary N) is 2. The lowest BCUT2D eigenvalue weighted by Crippen LogP contribution is -2.34. The molecule has 4 aromatic rings. The van der Waals surface area contributed by atoms with Crippen molar-refractivity contribution in [2.75, 3.05) is 23.7 Å². The smallest absolute Gasteiger partial charge is 0.323 e. The summed E-state index contributed by atoms with van der Waals surface area (Å²) in [5, 5.41) is 5.71. The number of hydrogen-bond donors (Lipinski definition) is 2. The molecular weight excluding hydrogens is 498 g/mol. The predicted molar refractivity (Wildman–Crippen MR) is 160 cm³/mol. The van der Waals surface area contributed by atoms with Crippen LogP contribution in [0.25, 0.3) is 0 Å². The molecule has 0 saturated carbocycles. The Kier molecular flexibility index (Phi) is 9.09. The van der Waals surface area contributed by atoms with E-state index in [4.69, 9.17) is 4.74 Å². The van der Waals surface area contributed by atoms with Gasteiger partial charge >= 0.3 is 6.03 Å². The number of likely N-dealkylation sites (tertiary alicyclic amines) is 1. The quantitative estimate of drug-likeness (QED) is 0.254. The van der Waals surface area contributed by atoms with Crippen LogP contribution in [0.15, 0.2) is 109 Å². The number of ether oxygens (including phenoxy) is 1. The summed E-state index contributed by atoms with van der Waals surface area (Å²) in [5.41, 5.74) is 3.62. The number of carbonyl (C=O) groups excluding carboxylic acids is 2. The topological polar surface area (TPSA) is 70.7 Å². The minimum atomic E-state index is -0.401. The number of amides is 3. The van der Waals surface area contributed by atoms with Gasteiger partial charge in [-0.3, -0.25) is 4.79 Å². The first kappa shape index (κ1) is 27.0. The molecule has 2 N–H and O–H groups in total. The van der Waals surface area contributed by atoms with Crippen LogP contribution in [0.1, 0.15) is 59.7 Å². The van der Waals surface area contributed by atoms with E-state index in [2.05, 4.69) is 10.6 Å². The molecule has 40 heavy (non-hydrogen) atoms. The molecule has 3 amide bonds. The number of hydrogen-bond acceptors (Lipinski definition) is 3. The normalized spacial score (nSPS) is 13.7. The monoisotopic (exact) mass is 533 g/mol. The molecule has 0 spiro atoms. The minimum Gasteiger partial charge on any atom is -0.480 e. The summed E-state index contributed by atoms with van der Waals surface area (Å²) in [6, 6.07) is 34.2. The fraction of sp³-hybridized carbons (Fsp3) is 0.235. The maximum atomic E-state index is 14.0. The van der Waals surface area contributed by atoms with Gasteiger partial charge in [-0.15, -0.1) is 0 Å². The van der Waals surface area contributed by atoms with E-state index in [0.29, 0.717) is 35.8 Å². The molecule has 0 unspecified atom stereocenters. The SMILES string of the molecule is O=C(Nc1ccccc1)Nc1ccc(OC(c2ccccc2)c2ccccc2)c(C(=O)N2CCCCCCC2)c1. The molecule has 1 aliphatic heterocycles. The van der Waals surface area contributed by atoms with Crippen molar-refractivity contribution in [3.8, 4) is 5.75 Å². The number of anilines is 2. The van der Waals surface area contributed by atoms with Crippen LogP contribution in [-0.2, 0) is 0 Å². The zero-order chi connectivity index (χ0) is 27.6. The Labute approximate surface area is 236 Å². The van der Waals surface area contributed by atoms with Crippen molar-refractivity contribution >= 4 is 23.3 Å². The van der Waals surface area contributed by atoms with Crippen LogP contribution in [0.4, 0.5) is 16.2 Å². The van der Waals surface area contributed by atoms with Crippen molar-refractivity contribution < 1.29 is 14.3 Å². The molecule has 5 rings (SSSR count). The molecule has 1 fully saturated rings. The highest BCUT2D eigenvalue weighted by Crippen LogP contribution is 2.33. The molecule has 6 nitrogen and oxygen atoms in total. The van der Waals surface area contributed by atoms with Crippen LogP contribution in [-0.4, -0.2) is 29.9 Å². The number of urea groups is 1. The molecule has 0 atom stereocenters. The minimum absolute atomic E-state index is 0.0797. The van der Waals surface area contributed by atoms with Crippen molar-refractivity contribution in [2.45, 2.75) is 38.2 Å². The molecule has 0 radical (unpaired) electrons. The number of nitrogens with zero attached hydrogens (tertiary/aromatic N) is 1. The zero-order valence-electron chi connectivity index (χ0n) is 22.6. The van der Waals surface area contributed by atoms with Crippen molar-refractivity contribution in [1.29, 1.82) is 0 Å². The third-order valence-corrected chi connectivity index (χ3v) is 7.09. The predicted octanol–water partition coefficient (Wildman–Crippen LogP) is 7.91. The van der Waals surface area contributed by atoms with E-state index in [-0.39, 0.29) is 11.9 Å². The van der Waals surface area contributed by atoms with Gasteiger partial charge in [0.2, 0.25) is 0 Å². The van der Waals surface area contributed by atoms with Gasteiger partial charge < -0.3 is 20.3 Å². The summed E-state index contributed by atoms with van der Waals surface area (Å²) in [6.07, 6.45) is 5.02. The summed E-state index contributed by atoms with van der Waals surface area (Å²) in [5.74, 6) is 0.405. The third-order valence-electron chi connectivity index (χ3n) is 7.09. The Morgan fingerprint density at radius 2 is 1.15 bits per heavy atom.